The first-order valence-electron chi connectivity index (χ1n) is 7.06. The van der Waals surface area contributed by atoms with E-state index in [1.165, 1.54) is 6.42 Å². The third-order valence-electron chi connectivity index (χ3n) is 3.70. The zero-order valence-corrected chi connectivity index (χ0v) is 12.1. The summed E-state index contributed by atoms with van der Waals surface area (Å²) in [7, 11) is 0. The molecule has 3 heteroatoms. The molecule has 0 aliphatic carbocycles. The Morgan fingerprint density at radius 2 is 2.05 bits per heavy atom. The molecular weight excluding hydrogens is 236 g/mol. The van der Waals surface area contributed by atoms with Crippen LogP contribution in [0.4, 0.5) is 5.69 Å². The number of anilines is 1. The number of amides is 1. The fourth-order valence-corrected chi connectivity index (χ4v) is 2.72. The molecule has 1 amide bonds. The van der Waals surface area contributed by atoms with E-state index in [9.17, 15) is 4.79 Å². The molecule has 1 aliphatic rings. The highest BCUT2D eigenvalue weighted by Gasteiger charge is 2.34. The van der Waals surface area contributed by atoms with Crippen LogP contribution >= 0.6 is 0 Å². The molecule has 0 aromatic heterocycles. The Hall–Kier alpha value is -1.51. The van der Waals surface area contributed by atoms with Crippen LogP contribution in [0.15, 0.2) is 24.3 Å². The molecule has 0 saturated carbocycles. The van der Waals surface area contributed by atoms with Crippen LogP contribution in [0, 0.1) is 5.41 Å². The molecule has 1 aliphatic heterocycles. The Morgan fingerprint density at radius 1 is 1.32 bits per heavy atom. The van der Waals surface area contributed by atoms with Gasteiger partial charge in [0.25, 0.3) is 0 Å². The predicted molar refractivity (Wildman–Crippen MR) is 78.6 cm³/mol. The van der Waals surface area contributed by atoms with Crippen molar-refractivity contribution in [2.24, 2.45) is 5.41 Å². The average molecular weight is 260 g/mol. The van der Waals surface area contributed by atoms with Crippen molar-refractivity contribution < 1.29 is 4.79 Å². The van der Waals surface area contributed by atoms with E-state index >= 15 is 0 Å². The lowest BCUT2D eigenvalue weighted by Gasteiger charge is -2.39. The first-order chi connectivity index (χ1) is 8.89. The minimum atomic E-state index is -0.323. The number of nitrogen functional groups attached to an aromatic ring is 1. The van der Waals surface area contributed by atoms with E-state index in [1.54, 1.807) is 0 Å². The smallest absolute Gasteiger partial charge is 0.228 e. The van der Waals surface area contributed by atoms with E-state index in [4.69, 9.17) is 5.73 Å². The number of piperidine rings is 1. The molecule has 2 N–H and O–H groups in total. The zero-order chi connectivity index (χ0) is 14.0. The van der Waals surface area contributed by atoms with Gasteiger partial charge in [0.15, 0.2) is 0 Å². The SMILES string of the molecule is CC(C)(C)C(=O)N1CCCCC1c1cccc(N)c1. The van der Waals surface area contributed by atoms with Crippen molar-refractivity contribution in [2.75, 3.05) is 12.3 Å². The first-order valence-corrected chi connectivity index (χ1v) is 7.06. The van der Waals surface area contributed by atoms with Crippen LogP contribution in [0.25, 0.3) is 0 Å². The van der Waals surface area contributed by atoms with Crippen LogP contribution in [-0.4, -0.2) is 17.4 Å². The van der Waals surface area contributed by atoms with Gasteiger partial charge in [0, 0.05) is 17.6 Å². The van der Waals surface area contributed by atoms with Gasteiger partial charge >= 0.3 is 0 Å². The van der Waals surface area contributed by atoms with Gasteiger partial charge in [-0.1, -0.05) is 32.9 Å². The number of carbonyl (C=O) groups is 1. The number of nitrogens with zero attached hydrogens (tertiary/aromatic N) is 1. The van der Waals surface area contributed by atoms with Crippen molar-refractivity contribution in [1.82, 2.24) is 4.90 Å². The molecule has 1 unspecified atom stereocenters. The largest absolute Gasteiger partial charge is 0.399 e. The molecule has 1 fully saturated rings. The van der Waals surface area contributed by atoms with E-state index in [0.29, 0.717) is 0 Å². The Morgan fingerprint density at radius 3 is 2.68 bits per heavy atom. The van der Waals surface area contributed by atoms with Crippen LogP contribution in [0.5, 0.6) is 0 Å². The number of carbonyl (C=O) groups excluding carboxylic acids is 1. The number of nitrogens with two attached hydrogens (primary N) is 1. The van der Waals surface area contributed by atoms with Gasteiger partial charge in [0.2, 0.25) is 5.91 Å². The maximum Gasteiger partial charge on any atom is 0.228 e. The van der Waals surface area contributed by atoms with E-state index in [2.05, 4.69) is 6.07 Å². The lowest BCUT2D eigenvalue weighted by atomic mass is 9.89. The summed E-state index contributed by atoms with van der Waals surface area (Å²) in [6.45, 7) is 6.82. The summed E-state index contributed by atoms with van der Waals surface area (Å²) >= 11 is 0. The molecule has 104 valence electrons. The average Bonchev–Trinajstić information content (AvgIpc) is 2.37. The summed E-state index contributed by atoms with van der Waals surface area (Å²) in [5.74, 6) is 0.236. The van der Waals surface area contributed by atoms with Crippen molar-refractivity contribution in [3.05, 3.63) is 29.8 Å². The summed E-state index contributed by atoms with van der Waals surface area (Å²) in [6, 6.07) is 8.12. The second-order valence-electron chi connectivity index (χ2n) is 6.43. The maximum absolute atomic E-state index is 12.6. The normalized spacial score (nSPS) is 20.4. The quantitative estimate of drug-likeness (QED) is 0.787. The number of benzene rings is 1. The highest BCUT2D eigenvalue weighted by molar-refractivity contribution is 5.82. The Bertz CT molecular complexity index is 462. The van der Waals surface area contributed by atoms with E-state index in [0.717, 1.165) is 30.6 Å². The Kier molecular flexibility index (Phi) is 3.83. The van der Waals surface area contributed by atoms with Crippen molar-refractivity contribution >= 4 is 11.6 Å². The van der Waals surface area contributed by atoms with E-state index in [1.807, 2.05) is 43.9 Å². The fourth-order valence-electron chi connectivity index (χ4n) is 2.72. The number of likely N-dealkylation sites (tertiary alicyclic amines) is 1. The van der Waals surface area contributed by atoms with Crippen LogP contribution in [0.2, 0.25) is 0 Å². The molecular formula is C16H24N2O. The Labute approximate surface area is 115 Å². The van der Waals surface area contributed by atoms with Crippen molar-refractivity contribution in [3.8, 4) is 0 Å². The summed E-state index contributed by atoms with van der Waals surface area (Å²) < 4.78 is 0. The molecule has 0 radical (unpaired) electrons. The highest BCUT2D eigenvalue weighted by Crippen LogP contribution is 2.34. The highest BCUT2D eigenvalue weighted by atomic mass is 16.2. The molecule has 1 atom stereocenters. The van der Waals surface area contributed by atoms with E-state index < -0.39 is 0 Å². The standard InChI is InChI=1S/C16H24N2O/c1-16(2,3)15(19)18-10-5-4-9-14(18)12-7-6-8-13(17)11-12/h6-8,11,14H,4-5,9-10,17H2,1-3H3. The molecule has 1 heterocycles. The molecule has 0 spiro atoms. The predicted octanol–water partition coefficient (Wildman–Crippen LogP) is 3.37. The summed E-state index contributed by atoms with van der Waals surface area (Å²) in [4.78, 5) is 14.6. The number of hydrogen-bond donors (Lipinski definition) is 1. The molecule has 1 aromatic carbocycles. The molecule has 0 bridgehead atoms. The third-order valence-corrected chi connectivity index (χ3v) is 3.70. The van der Waals surface area contributed by atoms with Crippen LogP contribution in [0.3, 0.4) is 0 Å². The zero-order valence-electron chi connectivity index (χ0n) is 12.1. The van der Waals surface area contributed by atoms with Gasteiger partial charge in [0.1, 0.15) is 0 Å². The first kappa shape index (κ1) is 13.9. The minimum Gasteiger partial charge on any atom is -0.399 e. The topological polar surface area (TPSA) is 46.3 Å². The number of rotatable bonds is 1. The molecule has 1 aromatic rings. The van der Waals surface area contributed by atoms with Gasteiger partial charge in [-0.15, -0.1) is 0 Å². The minimum absolute atomic E-state index is 0.184. The second-order valence-corrected chi connectivity index (χ2v) is 6.43. The second kappa shape index (κ2) is 5.24. The van der Waals surface area contributed by atoms with Crippen molar-refractivity contribution in [1.29, 1.82) is 0 Å². The summed E-state index contributed by atoms with van der Waals surface area (Å²) in [6.07, 6.45) is 3.30. The van der Waals surface area contributed by atoms with Crippen LogP contribution in [-0.2, 0) is 4.79 Å². The van der Waals surface area contributed by atoms with E-state index in [-0.39, 0.29) is 17.4 Å². The summed E-state index contributed by atoms with van der Waals surface area (Å²) in [5, 5.41) is 0. The number of hydrogen-bond acceptors (Lipinski definition) is 2. The van der Waals surface area contributed by atoms with Gasteiger partial charge < -0.3 is 10.6 Å². The van der Waals surface area contributed by atoms with Crippen LogP contribution in [0.1, 0.15) is 51.6 Å². The van der Waals surface area contributed by atoms with Gasteiger partial charge in [-0.3, -0.25) is 4.79 Å². The van der Waals surface area contributed by atoms with Crippen molar-refractivity contribution in [2.45, 2.75) is 46.1 Å². The molecule has 2 rings (SSSR count). The van der Waals surface area contributed by atoms with Gasteiger partial charge in [-0.2, -0.15) is 0 Å². The maximum atomic E-state index is 12.6. The lowest BCUT2D eigenvalue weighted by Crippen LogP contribution is -2.44. The monoisotopic (exact) mass is 260 g/mol. The lowest BCUT2D eigenvalue weighted by molar-refractivity contribution is -0.143. The van der Waals surface area contributed by atoms with Crippen LogP contribution < -0.4 is 5.73 Å². The third kappa shape index (κ3) is 3.09. The van der Waals surface area contributed by atoms with Gasteiger partial charge in [-0.05, 0) is 37.0 Å². The molecule has 1 saturated heterocycles. The summed E-state index contributed by atoms with van der Waals surface area (Å²) in [5.41, 5.74) is 7.48. The van der Waals surface area contributed by atoms with Gasteiger partial charge in [-0.25, -0.2) is 0 Å². The fraction of sp³-hybridized carbons (Fsp3) is 0.562. The Balaban J connectivity index is 2.28. The van der Waals surface area contributed by atoms with Gasteiger partial charge in [0.05, 0.1) is 6.04 Å². The van der Waals surface area contributed by atoms with Crippen molar-refractivity contribution in [3.63, 3.8) is 0 Å². The molecule has 3 nitrogen and oxygen atoms in total. The molecule has 19 heavy (non-hydrogen) atoms.